The van der Waals surface area contributed by atoms with Crippen LogP contribution in [0.15, 0.2) is 6.20 Å². The second-order valence-electron chi connectivity index (χ2n) is 5.25. The number of aromatic nitrogens is 3. The third kappa shape index (κ3) is 3.53. The smallest absolute Gasteiger partial charge is 0.219 e. The molecule has 2 heterocycles. The first kappa shape index (κ1) is 14.0. The quantitative estimate of drug-likeness (QED) is 0.861. The minimum absolute atomic E-state index is 0.158. The van der Waals surface area contributed by atoms with Crippen LogP contribution < -0.4 is 5.32 Å². The van der Waals surface area contributed by atoms with Crippen LogP contribution in [0.2, 0.25) is 0 Å². The highest BCUT2D eigenvalue weighted by Crippen LogP contribution is 2.15. The summed E-state index contributed by atoms with van der Waals surface area (Å²) in [5, 5.41) is 11.8. The Kier molecular flexibility index (Phi) is 4.52. The van der Waals surface area contributed by atoms with E-state index in [4.69, 9.17) is 0 Å². The number of hydrogen-bond donors (Lipinski definition) is 1. The summed E-state index contributed by atoms with van der Waals surface area (Å²) in [4.78, 5) is 13.2. The average Bonchev–Trinajstić information content (AvgIpc) is 2.98. The lowest BCUT2D eigenvalue weighted by Gasteiger charge is -2.18. The van der Waals surface area contributed by atoms with Crippen molar-refractivity contribution in [3.8, 4) is 0 Å². The number of carbonyl (C=O) groups excluding carboxylic acids is 1. The van der Waals surface area contributed by atoms with E-state index in [9.17, 15) is 4.79 Å². The molecule has 0 bridgehead atoms. The van der Waals surface area contributed by atoms with Crippen LogP contribution in [0.25, 0.3) is 0 Å². The minimum atomic E-state index is 0.158. The first-order chi connectivity index (χ1) is 9.10. The van der Waals surface area contributed by atoms with Gasteiger partial charge in [-0.15, -0.1) is 5.10 Å². The molecule has 1 N–H and O–H groups in total. The van der Waals surface area contributed by atoms with Gasteiger partial charge in [-0.3, -0.25) is 9.48 Å². The van der Waals surface area contributed by atoms with Gasteiger partial charge in [-0.25, -0.2) is 0 Å². The maximum absolute atomic E-state index is 11.3. The molecular formula is C13H23N5O. The molecule has 1 amide bonds. The molecule has 1 aromatic rings. The molecule has 1 fully saturated rings. The van der Waals surface area contributed by atoms with Gasteiger partial charge in [-0.1, -0.05) is 12.1 Å². The number of hydrogen-bond acceptors (Lipinski definition) is 4. The Morgan fingerprint density at radius 1 is 1.63 bits per heavy atom. The van der Waals surface area contributed by atoms with Crippen molar-refractivity contribution >= 4 is 5.91 Å². The van der Waals surface area contributed by atoms with Crippen molar-refractivity contribution in [1.29, 1.82) is 0 Å². The molecule has 1 aliphatic heterocycles. The van der Waals surface area contributed by atoms with E-state index in [0.29, 0.717) is 6.04 Å². The van der Waals surface area contributed by atoms with E-state index in [1.54, 1.807) is 6.92 Å². The van der Waals surface area contributed by atoms with E-state index in [-0.39, 0.29) is 11.9 Å². The predicted molar refractivity (Wildman–Crippen MR) is 72.5 cm³/mol. The normalized spacial score (nSPS) is 20.8. The molecule has 0 saturated carbocycles. The topological polar surface area (TPSA) is 63.1 Å². The van der Waals surface area contributed by atoms with Crippen LogP contribution in [0.4, 0.5) is 0 Å². The number of nitrogens with zero attached hydrogens (tertiary/aromatic N) is 4. The SMILES string of the molecule is CCCn1cc(C(C)N[C@@H]2CCN(C(C)=O)C2)nn1. The third-order valence-electron chi connectivity index (χ3n) is 3.57. The monoisotopic (exact) mass is 265 g/mol. The predicted octanol–water partition coefficient (Wildman–Crippen LogP) is 0.959. The van der Waals surface area contributed by atoms with Crippen molar-refractivity contribution < 1.29 is 4.79 Å². The number of nitrogens with one attached hydrogen (secondary N) is 1. The van der Waals surface area contributed by atoms with Crippen LogP contribution in [0.1, 0.15) is 45.3 Å². The van der Waals surface area contributed by atoms with Gasteiger partial charge in [0, 0.05) is 32.6 Å². The van der Waals surface area contributed by atoms with Gasteiger partial charge in [0.15, 0.2) is 0 Å². The highest BCUT2D eigenvalue weighted by atomic mass is 16.2. The molecule has 2 atom stereocenters. The largest absolute Gasteiger partial charge is 0.341 e. The van der Waals surface area contributed by atoms with Gasteiger partial charge in [0.25, 0.3) is 0 Å². The van der Waals surface area contributed by atoms with E-state index < -0.39 is 0 Å². The number of likely N-dealkylation sites (tertiary alicyclic amines) is 1. The van der Waals surface area contributed by atoms with Gasteiger partial charge in [0.1, 0.15) is 0 Å². The van der Waals surface area contributed by atoms with Crippen molar-refractivity contribution in [2.24, 2.45) is 0 Å². The Labute approximate surface area is 114 Å². The number of aryl methyl sites for hydroxylation is 1. The Balaban J connectivity index is 1.86. The van der Waals surface area contributed by atoms with Crippen LogP contribution in [-0.4, -0.2) is 44.9 Å². The van der Waals surface area contributed by atoms with Gasteiger partial charge in [-0.05, 0) is 19.8 Å². The molecule has 0 radical (unpaired) electrons. The van der Waals surface area contributed by atoms with Crippen molar-refractivity contribution in [3.63, 3.8) is 0 Å². The van der Waals surface area contributed by atoms with E-state index >= 15 is 0 Å². The average molecular weight is 265 g/mol. The summed E-state index contributed by atoms with van der Waals surface area (Å²) in [7, 11) is 0. The minimum Gasteiger partial charge on any atom is -0.341 e. The lowest BCUT2D eigenvalue weighted by Crippen LogP contribution is -2.35. The Hall–Kier alpha value is -1.43. The molecule has 1 aromatic heterocycles. The summed E-state index contributed by atoms with van der Waals surface area (Å²) in [5.41, 5.74) is 0.967. The molecule has 1 unspecified atom stereocenters. The van der Waals surface area contributed by atoms with Gasteiger partial charge in [0.2, 0.25) is 5.91 Å². The van der Waals surface area contributed by atoms with Crippen LogP contribution in [0, 0.1) is 0 Å². The standard InChI is InChI=1S/C13H23N5O/c1-4-6-18-9-13(15-16-18)10(2)14-12-5-7-17(8-12)11(3)19/h9-10,12,14H,4-8H2,1-3H3/t10?,12-/m1/s1. The molecule has 0 spiro atoms. The second-order valence-corrected chi connectivity index (χ2v) is 5.25. The Morgan fingerprint density at radius 2 is 2.42 bits per heavy atom. The number of rotatable bonds is 5. The van der Waals surface area contributed by atoms with E-state index in [1.165, 1.54) is 0 Å². The summed E-state index contributed by atoms with van der Waals surface area (Å²) in [6.07, 6.45) is 4.06. The maximum Gasteiger partial charge on any atom is 0.219 e. The molecule has 0 aromatic carbocycles. The van der Waals surface area contributed by atoms with E-state index in [0.717, 1.165) is 38.2 Å². The molecular weight excluding hydrogens is 242 g/mol. The molecule has 6 nitrogen and oxygen atoms in total. The van der Waals surface area contributed by atoms with Gasteiger partial charge in [-0.2, -0.15) is 0 Å². The number of amides is 1. The second kappa shape index (κ2) is 6.14. The fourth-order valence-corrected chi connectivity index (χ4v) is 2.47. The van der Waals surface area contributed by atoms with Crippen molar-refractivity contribution in [2.45, 2.75) is 52.2 Å². The molecule has 0 aliphatic carbocycles. The van der Waals surface area contributed by atoms with Gasteiger partial charge >= 0.3 is 0 Å². The van der Waals surface area contributed by atoms with Crippen LogP contribution in [0.5, 0.6) is 0 Å². The molecule has 2 rings (SSSR count). The maximum atomic E-state index is 11.3. The van der Waals surface area contributed by atoms with Crippen molar-refractivity contribution in [2.75, 3.05) is 13.1 Å². The van der Waals surface area contributed by atoms with Crippen LogP contribution >= 0.6 is 0 Å². The van der Waals surface area contributed by atoms with Gasteiger partial charge < -0.3 is 10.2 Å². The zero-order chi connectivity index (χ0) is 13.8. The zero-order valence-corrected chi connectivity index (χ0v) is 12.0. The van der Waals surface area contributed by atoms with Crippen molar-refractivity contribution in [1.82, 2.24) is 25.2 Å². The van der Waals surface area contributed by atoms with E-state index in [1.807, 2.05) is 15.8 Å². The highest BCUT2D eigenvalue weighted by molar-refractivity contribution is 5.73. The highest BCUT2D eigenvalue weighted by Gasteiger charge is 2.25. The third-order valence-corrected chi connectivity index (χ3v) is 3.57. The summed E-state index contributed by atoms with van der Waals surface area (Å²) in [6.45, 7) is 8.39. The fourth-order valence-electron chi connectivity index (χ4n) is 2.47. The lowest BCUT2D eigenvalue weighted by atomic mass is 10.2. The Bertz CT molecular complexity index is 430. The van der Waals surface area contributed by atoms with Crippen LogP contribution in [0.3, 0.4) is 0 Å². The number of carbonyl (C=O) groups is 1. The summed E-state index contributed by atoms with van der Waals surface area (Å²) < 4.78 is 1.88. The molecule has 6 heteroatoms. The van der Waals surface area contributed by atoms with E-state index in [2.05, 4.69) is 29.5 Å². The summed E-state index contributed by atoms with van der Waals surface area (Å²) in [5.74, 6) is 0.158. The molecule has 19 heavy (non-hydrogen) atoms. The summed E-state index contributed by atoms with van der Waals surface area (Å²) >= 11 is 0. The summed E-state index contributed by atoms with van der Waals surface area (Å²) in [6, 6.07) is 0.526. The first-order valence-electron chi connectivity index (χ1n) is 7.01. The molecule has 106 valence electrons. The molecule has 1 saturated heterocycles. The fraction of sp³-hybridized carbons (Fsp3) is 0.769. The van der Waals surface area contributed by atoms with Crippen molar-refractivity contribution in [3.05, 3.63) is 11.9 Å². The first-order valence-corrected chi connectivity index (χ1v) is 7.01. The lowest BCUT2D eigenvalue weighted by molar-refractivity contribution is -0.127. The zero-order valence-electron chi connectivity index (χ0n) is 12.0. The Morgan fingerprint density at radius 3 is 3.05 bits per heavy atom. The van der Waals surface area contributed by atoms with Crippen LogP contribution in [-0.2, 0) is 11.3 Å². The molecule has 1 aliphatic rings. The van der Waals surface area contributed by atoms with Gasteiger partial charge in [0.05, 0.1) is 17.9 Å².